The molecule has 0 spiro atoms. The molecule has 1 N–H and O–H groups in total. The number of amides is 1. The summed E-state index contributed by atoms with van der Waals surface area (Å²) in [4.78, 5) is 16.9. The van der Waals surface area contributed by atoms with Gasteiger partial charge in [-0.1, -0.05) is 38.1 Å². The summed E-state index contributed by atoms with van der Waals surface area (Å²) in [6, 6.07) is 19.7. The van der Waals surface area contributed by atoms with Crippen molar-refractivity contribution in [3.63, 3.8) is 0 Å². The maximum absolute atomic E-state index is 12.1. The minimum Gasteiger partial charge on any atom is -0.492 e. The van der Waals surface area contributed by atoms with Crippen molar-refractivity contribution in [2.45, 2.75) is 32.7 Å². The second-order valence-corrected chi connectivity index (χ2v) is 7.72. The molecule has 0 atom stereocenters. The first kappa shape index (κ1) is 20.7. The van der Waals surface area contributed by atoms with Gasteiger partial charge in [0.15, 0.2) is 5.76 Å². The number of carbonyl (C=O) groups is 1. The van der Waals surface area contributed by atoms with E-state index in [1.165, 1.54) is 11.8 Å². The molecular weight excluding hydrogens is 390 g/mol. The van der Waals surface area contributed by atoms with Crippen molar-refractivity contribution in [2.24, 2.45) is 0 Å². The average Bonchev–Trinajstić information content (AvgIpc) is 3.43. The van der Waals surface area contributed by atoms with Crippen LogP contribution in [0.5, 0.6) is 5.75 Å². The zero-order valence-electron chi connectivity index (χ0n) is 17.9. The Morgan fingerprint density at radius 3 is 2.65 bits per heavy atom. The van der Waals surface area contributed by atoms with Crippen LogP contribution in [-0.4, -0.2) is 28.6 Å². The predicted molar refractivity (Wildman–Crippen MR) is 121 cm³/mol. The van der Waals surface area contributed by atoms with Crippen LogP contribution in [0.1, 0.15) is 41.7 Å². The summed E-state index contributed by atoms with van der Waals surface area (Å²) in [7, 11) is 0. The third-order valence-electron chi connectivity index (χ3n) is 5.24. The third-order valence-corrected chi connectivity index (χ3v) is 5.24. The Morgan fingerprint density at radius 2 is 1.90 bits per heavy atom. The lowest BCUT2D eigenvalue weighted by atomic mass is 10.0. The first-order chi connectivity index (χ1) is 15.1. The molecule has 2 aromatic heterocycles. The van der Waals surface area contributed by atoms with Crippen LogP contribution in [0.25, 0.3) is 11.0 Å². The molecule has 1 amide bonds. The van der Waals surface area contributed by atoms with Crippen LogP contribution < -0.4 is 10.1 Å². The fourth-order valence-electron chi connectivity index (χ4n) is 3.55. The van der Waals surface area contributed by atoms with Crippen LogP contribution in [0.2, 0.25) is 0 Å². The average molecular weight is 418 g/mol. The SMILES string of the molecule is CC(C)c1ccc(OCCn2c(CCNC(=O)c3ccco3)nc3ccccc32)cc1. The van der Waals surface area contributed by atoms with Crippen LogP contribution >= 0.6 is 0 Å². The molecule has 0 aliphatic carbocycles. The molecular formula is C25H27N3O3. The number of hydrogen-bond donors (Lipinski definition) is 1. The van der Waals surface area contributed by atoms with E-state index in [4.69, 9.17) is 14.1 Å². The Bertz CT molecular complexity index is 1130. The van der Waals surface area contributed by atoms with E-state index in [0.717, 1.165) is 22.6 Å². The normalized spacial score (nSPS) is 11.2. The Balaban J connectivity index is 1.40. The lowest BCUT2D eigenvalue weighted by Gasteiger charge is -2.12. The molecule has 0 saturated heterocycles. The summed E-state index contributed by atoms with van der Waals surface area (Å²) >= 11 is 0. The standard InChI is InChI=1S/C25H27N3O3/c1-18(2)19-9-11-20(12-10-19)30-17-15-28-22-7-4-3-6-21(22)27-24(28)13-14-26-25(29)23-8-5-16-31-23/h3-12,16,18H,13-15,17H2,1-2H3,(H,26,29). The fraction of sp³-hybridized carbons (Fsp3) is 0.280. The molecule has 31 heavy (non-hydrogen) atoms. The van der Waals surface area contributed by atoms with E-state index in [1.54, 1.807) is 12.1 Å². The van der Waals surface area contributed by atoms with Crippen molar-refractivity contribution in [3.8, 4) is 5.75 Å². The molecule has 4 aromatic rings. The maximum Gasteiger partial charge on any atom is 0.286 e. The zero-order valence-corrected chi connectivity index (χ0v) is 17.9. The molecule has 6 nitrogen and oxygen atoms in total. The summed E-state index contributed by atoms with van der Waals surface area (Å²) in [5.41, 5.74) is 3.30. The van der Waals surface area contributed by atoms with Gasteiger partial charge in [0.2, 0.25) is 0 Å². The molecule has 0 radical (unpaired) electrons. The van der Waals surface area contributed by atoms with E-state index >= 15 is 0 Å². The smallest absolute Gasteiger partial charge is 0.286 e. The second-order valence-electron chi connectivity index (χ2n) is 7.72. The molecule has 0 bridgehead atoms. The number of carbonyl (C=O) groups excluding carboxylic acids is 1. The summed E-state index contributed by atoms with van der Waals surface area (Å²) in [6.07, 6.45) is 2.11. The van der Waals surface area contributed by atoms with Crippen LogP contribution in [0.4, 0.5) is 0 Å². The number of aromatic nitrogens is 2. The molecule has 0 saturated carbocycles. The van der Waals surface area contributed by atoms with E-state index in [-0.39, 0.29) is 5.91 Å². The van der Waals surface area contributed by atoms with Crippen molar-refractivity contribution in [1.82, 2.24) is 14.9 Å². The zero-order chi connectivity index (χ0) is 21.6. The first-order valence-electron chi connectivity index (χ1n) is 10.6. The van der Waals surface area contributed by atoms with E-state index in [1.807, 2.05) is 30.3 Å². The van der Waals surface area contributed by atoms with Crippen molar-refractivity contribution >= 4 is 16.9 Å². The topological polar surface area (TPSA) is 69.3 Å². The van der Waals surface area contributed by atoms with Crippen molar-refractivity contribution < 1.29 is 13.9 Å². The Labute approximate surface area is 181 Å². The van der Waals surface area contributed by atoms with Gasteiger partial charge in [-0.25, -0.2) is 4.98 Å². The number of furan rings is 1. The minimum absolute atomic E-state index is 0.221. The van der Waals surface area contributed by atoms with Crippen LogP contribution in [0.3, 0.4) is 0 Å². The quantitative estimate of drug-likeness (QED) is 0.425. The lowest BCUT2D eigenvalue weighted by Crippen LogP contribution is -2.26. The van der Waals surface area contributed by atoms with Crippen molar-refractivity contribution in [2.75, 3.05) is 13.2 Å². The molecule has 160 valence electrons. The van der Waals surface area contributed by atoms with Gasteiger partial charge in [-0.3, -0.25) is 4.79 Å². The highest BCUT2D eigenvalue weighted by molar-refractivity contribution is 5.91. The highest BCUT2D eigenvalue weighted by Crippen LogP contribution is 2.20. The summed E-state index contributed by atoms with van der Waals surface area (Å²) < 4.78 is 13.3. The summed E-state index contributed by atoms with van der Waals surface area (Å²) in [5, 5.41) is 2.88. The fourth-order valence-corrected chi connectivity index (χ4v) is 3.55. The first-order valence-corrected chi connectivity index (χ1v) is 10.6. The summed E-state index contributed by atoms with van der Waals surface area (Å²) in [6.45, 7) is 6.04. The second kappa shape index (κ2) is 9.51. The van der Waals surface area contributed by atoms with Gasteiger partial charge in [-0.15, -0.1) is 0 Å². The van der Waals surface area contributed by atoms with Crippen LogP contribution in [0, 0.1) is 0 Å². The highest BCUT2D eigenvalue weighted by Gasteiger charge is 2.12. The van der Waals surface area contributed by atoms with Gasteiger partial charge in [0, 0.05) is 13.0 Å². The van der Waals surface area contributed by atoms with E-state index in [9.17, 15) is 4.79 Å². The third kappa shape index (κ3) is 4.97. The lowest BCUT2D eigenvalue weighted by molar-refractivity contribution is 0.0926. The number of para-hydroxylation sites is 2. The maximum atomic E-state index is 12.1. The molecule has 2 aromatic carbocycles. The minimum atomic E-state index is -0.221. The molecule has 0 aliphatic heterocycles. The van der Waals surface area contributed by atoms with Crippen molar-refractivity contribution in [1.29, 1.82) is 0 Å². The summed E-state index contributed by atoms with van der Waals surface area (Å²) in [5.74, 6) is 2.37. The van der Waals surface area contributed by atoms with Gasteiger partial charge in [0.25, 0.3) is 5.91 Å². The number of hydrogen-bond acceptors (Lipinski definition) is 4. The van der Waals surface area contributed by atoms with E-state index < -0.39 is 0 Å². The Kier molecular flexibility index (Phi) is 6.36. The number of benzene rings is 2. The van der Waals surface area contributed by atoms with Gasteiger partial charge in [-0.05, 0) is 47.9 Å². The number of ether oxygens (including phenoxy) is 1. The highest BCUT2D eigenvalue weighted by atomic mass is 16.5. The number of nitrogens with one attached hydrogen (secondary N) is 1. The van der Waals surface area contributed by atoms with Crippen LogP contribution in [-0.2, 0) is 13.0 Å². The molecule has 2 heterocycles. The molecule has 0 unspecified atom stereocenters. The van der Waals surface area contributed by atoms with Gasteiger partial charge in [-0.2, -0.15) is 0 Å². The van der Waals surface area contributed by atoms with Gasteiger partial charge in [0.1, 0.15) is 18.2 Å². The van der Waals surface area contributed by atoms with Crippen molar-refractivity contribution in [3.05, 3.63) is 84.1 Å². The Morgan fingerprint density at radius 1 is 1.10 bits per heavy atom. The largest absolute Gasteiger partial charge is 0.492 e. The molecule has 0 aliphatic rings. The monoisotopic (exact) mass is 417 g/mol. The number of fused-ring (bicyclic) bond motifs is 1. The van der Waals surface area contributed by atoms with Gasteiger partial charge < -0.3 is 19.0 Å². The number of imidazole rings is 1. The molecule has 0 fully saturated rings. The molecule has 4 rings (SSSR count). The molecule has 6 heteroatoms. The van der Waals surface area contributed by atoms with Gasteiger partial charge in [0.05, 0.1) is 23.8 Å². The number of rotatable bonds is 9. The number of nitrogens with zero attached hydrogens (tertiary/aromatic N) is 2. The Hall–Kier alpha value is -3.54. The van der Waals surface area contributed by atoms with Gasteiger partial charge >= 0.3 is 0 Å². The van der Waals surface area contributed by atoms with Crippen LogP contribution in [0.15, 0.2) is 71.3 Å². The van der Waals surface area contributed by atoms with E-state index in [0.29, 0.717) is 37.8 Å². The van der Waals surface area contributed by atoms with E-state index in [2.05, 4.69) is 41.9 Å². The predicted octanol–water partition coefficient (Wildman–Crippen LogP) is 4.80.